The van der Waals surface area contributed by atoms with Gasteiger partial charge in [0.15, 0.2) is 11.0 Å². The van der Waals surface area contributed by atoms with Gasteiger partial charge in [-0.2, -0.15) is 0 Å². The molecule has 0 amide bonds. The molecule has 5 rings (SSSR count). The SMILES string of the molecule is O=c1ccc2c(c1)oc1c(-c3ccccc3O)cc(-c3ccccc3O)[nH]c12. The lowest BCUT2D eigenvalue weighted by Crippen LogP contribution is -1.92. The molecule has 2 heterocycles. The average molecular weight is 369 g/mol. The molecule has 5 aromatic rings. The van der Waals surface area contributed by atoms with Crippen LogP contribution in [0, 0.1) is 0 Å². The van der Waals surface area contributed by atoms with Gasteiger partial charge in [-0.15, -0.1) is 0 Å². The van der Waals surface area contributed by atoms with Crippen LogP contribution in [0.15, 0.2) is 82.0 Å². The van der Waals surface area contributed by atoms with Gasteiger partial charge in [0.25, 0.3) is 0 Å². The first-order chi connectivity index (χ1) is 13.6. The van der Waals surface area contributed by atoms with E-state index in [1.807, 2.05) is 18.2 Å². The Kier molecular flexibility index (Phi) is 3.49. The van der Waals surface area contributed by atoms with Crippen molar-refractivity contribution in [1.29, 1.82) is 0 Å². The number of rotatable bonds is 2. The molecule has 3 N–H and O–H groups in total. The summed E-state index contributed by atoms with van der Waals surface area (Å²) >= 11 is 0. The first-order valence-electron chi connectivity index (χ1n) is 8.78. The van der Waals surface area contributed by atoms with Crippen molar-refractivity contribution in [2.75, 3.05) is 0 Å². The standard InChI is InChI=1S/C23H15NO4/c25-13-9-10-16-21(11-13)28-23-17(14-5-1-3-7-19(14)26)12-18(24-22(16)23)15-6-2-4-8-20(15)27/h1-12,24,26-27H. The Bertz CT molecular complexity index is 1410. The molecule has 2 aromatic heterocycles. The van der Waals surface area contributed by atoms with Crippen molar-refractivity contribution in [3.63, 3.8) is 0 Å². The third kappa shape index (κ3) is 2.45. The third-order valence-corrected chi connectivity index (χ3v) is 4.84. The second-order valence-electron chi connectivity index (χ2n) is 6.60. The summed E-state index contributed by atoms with van der Waals surface area (Å²) in [7, 11) is 0. The van der Waals surface area contributed by atoms with E-state index in [-0.39, 0.29) is 16.9 Å². The van der Waals surface area contributed by atoms with E-state index in [0.29, 0.717) is 39.1 Å². The van der Waals surface area contributed by atoms with Crippen LogP contribution in [0.4, 0.5) is 0 Å². The van der Waals surface area contributed by atoms with Crippen molar-refractivity contribution in [2.45, 2.75) is 0 Å². The molecular weight excluding hydrogens is 354 g/mol. The highest BCUT2D eigenvalue weighted by atomic mass is 16.3. The van der Waals surface area contributed by atoms with Gasteiger partial charge in [0.1, 0.15) is 17.1 Å². The molecule has 0 saturated carbocycles. The highest BCUT2D eigenvalue weighted by molar-refractivity contribution is 6.08. The smallest absolute Gasteiger partial charge is 0.182 e. The summed E-state index contributed by atoms with van der Waals surface area (Å²) in [5.41, 5.74) is 4.08. The van der Waals surface area contributed by atoms with Gasteiger partial charge < -0.3 is 19.6 Å². The number of aromatic hydroxyl groups is 2. The number of H-pyrrole nitrogens is 1. The minimum absolute atomic E-state index is 0.114. The highest BCUT2D eigenvalue weighted by Crippen LogP contribution is 2.41. The van der Waals surface area contributed by atoms with Crippen LogP contribution in [0.25, 0.3) is 44.5 Å². The van der Waals surface area contributed by atoms with Crippen molar-refractivity contribution in [3.8, 4) is 33.9 Å². The maximum atomic E-state index is 11.8. The van der Waals surface area contributed by atoms with Gasteiger partial charge in [-0.25, -0.2) is 0 Å². The zero-order chi connectivity index (χ0) is 19.3. The van der Waals surface area contributed by atoms with Crippen LogP contribution < -0.4 is 5.43 Å². The number of nitrogens with one attached hydrogen (secondary N) is 1. The summed E-state index contributed by atoms with van der Waals surface area (Å²) in [5.74, 6) is 0.249. The van der Waals surface area contributed by atoms with Crippen molar-refractivity contribution < 1.29 is 14.6 Å². The summed E-state index contributed by atoms with van der Waals surface area (Å²) < 4.78 is 5.99. The summed E-state index contributed by atoms with van der Waals surface area (Å²) in [4.78, 5) is 15.1. The summed E-state index contributed by atoms with van der Waals surface area (Å²) in [6.07, 6.45) is 0. The number of phenolic OH excluding ortho intramolecular Hbond substituents is 2. The number of para-hydroxylation sites is 2. The van der Waals surface area contributed by atoms with E-state index in [1.165, 1.54) is 12.1 Å². The van der Waals surface area contributed by atoms with Gasteiger partial charge >= 0.3 is 0 Å². The number of hydrogen-bond donors (Lipinski definition) is 3. The fourth-order valence-corrected chi connectivity index (χ4v) is 3.52. The predicted octanol–water partition coefficient (Wildman–Crippen LogP) is 5.02. The van der Waals surface area contributed by atoms with Crippen molar-refractivity contribution in [1.82, 2.24) is 4.98 Å². The van der Waals surface area contributed by atoms with Gasteiger partial charge in [0.05, 0.1) is 11.2 Å². The second-order valence-corrected chi connectivity index (χ2v) is 6.60. The number of aromatic nitrogens is 1. The van der Waals surface area contributed by atoms with E-state index in [1.54, 1.807) is 42.5 Å². The average Bonchev–Trinajstić information content (AvgIpc) is 3.05. The lowest BCUT2D eigenvalue weighted by atomic mass is 10.0. The van der Waals surface area contributed by atoms with Gasteiger partial charge in [0, 0.05) is 28.1 Å². The van der Waals surface area contributed by atoms with Crippen LogP contribution >= 0.6 is 0 Å². The Morgan fingerprint density at radius 3 is 2.14 bits per heavy atom. The van der Waals surface area contributed by atoms with E-state index in [0.717, 1.165) is 5.39 Å². The van der Waals surface area contributed by atoms with Crippen LogP contribution in [-0.4, -0.2) is 15.2 Å². The minimum atomic E-state index is -0.142. The molecule has 28 heavy (non-hydrogen) atoms. The van der Waals surface area contributed by atoms with E-state index < -0.39 is 0 Å². The van der Waals surface area contributed by atoms with E-state index >= 15 is 0 Å². The van der Waals surface area contributed by atoms with Crippen molar-refractivity contribution in [2.24, 2.45) is 0 Å². The number of pyridine rings is 1. The van der Waals surface area contributed by atoms with E-state index in [4.69, 9.17) is 4.42 Å². The topological polar surface area (TPSA) is 86.5 Å². The van der Waals surface area contributed by atoms with Crippen LogP contribution in [-0.2, 0) is 0 Å². The molecule has 0 bridgehead atoms. The van der Waals surface area contributed by atoms with Crippen molar-refractivity contribution in [3.05, 3.63) is 83.0 Å². The monoisotopic (exact) mass is 369 g/mol. The molecule has 0 saturated heterocycles. The lowest BCUT2D eigenvalue weighted by Gasteiger charge is -2.10. The maximum Gasteiger partial charge on any atom is 0.182 e. The normalized spacial score (nSPS) is 11.3. The Hall–Kier alpha value is -3.99. The molecule has 5 nitrogen and oxygen atoms in total. The predicted molar refractivity (Wildman–Crippen MR) is 109 cm³/mol. The summed E-state index contributed by atoms with van der Waals surface area (Å²) in [6, 6.07) is 20.5. The Morgan fingerprint density at radius 1 is 0.750 bits per heavy atom. The van der Waals surface area contributed by atoms with Gasteiger partial charge in [-0.05, 0) is 36.4 Å². The largest absolute Gasteiger partial charge is 0.507 e. The molecule has 0 aliphatic heterocycles. The third-order valence-electron chi connectivity index (χ3n) is 4.84. The quantitative estimate of drug-likeness (QED) is 0.408. The summed E-state index contributed by atoms with van der Waals surface area (Å²) in [6.45, 7) is 0. The van der Waals surface area contributed by atoms with E-state index in [9.17, 15) is 15.0 Å². The first kappa shape index (κ1) is 16.2. The number of phenols is 2. The lowest BCUT2D eigenvalue weighted by molar-refractivity contribution is 0.477. The molecule has 0 aliphatic carbocycles. The second kappa shape index (κ2) is 6.03. The van der Waals surface area contributed by atoms with Crippen LogP contribution in [0.1, 0.15) is 0 Å². The van der Waals surface area contributed by atoms with Gasteiger partial charge in [-0.1, -0.05) is 30.3 Å². The van der Waals surface area contributed by atoms with E-state index in [2.05, 4.69) is 4.98 Å². The van der Waals surface area contributed by atoms with Crippen LogP contribution in [0.3, 0.4) is 0 Å². The number of furan rings is 1. The fourth-order valence-electron chi connectivity index (χ4n) is 3.52. The molecule has 0 aliphatic rings. The number of benzene rings is 3. The molecule has 0 spiro atoms. The molecule has 0 radical (unpaired) electrons. The zero-order valence-corrected chi connectivity index (χ0v) is 14.6. The molecule has 0 fully saturated rings. The molecule has 3 aromatic carbocycles. The molecule has 5 heteroatoms. The Labute approximate surface area is 159 Å². The van der Waals surface area contributed by atoms with Gasteiger partial charge in [0.2, 0.25) is 0 Å². The summed E-state index contributed by atoms with van der Waals surface area (Å²) in [5, 5.41) is 21.5. The Morgan fingerprint density at radius 2 is 1.43 bits per heavy atom. The number of fused-ring (bicyclic) bond motifs is 3. The maximum absolute atomic E-state index is 11.8. The molecular formula is C23H15NO4. The van der Waals surface area contributed by atoms with Crippen molar-refractivity contribution >= 4 is 22.1 Å². The molecule has 0 atom stereocenters. The number of aromatic amines is 1. The van der Waals surface area contributed by atoms with Crippen LogP contribution in [0.2, 0.25) is 0 Å². The van der Waals surface area contributed by atoms with Gasteiger partial charge in [-0.3, -0.25) is 4.79 Å². The molecule has 136 valence electrons. The Balaban J connectivity index is 1.94. The number of hydrogen-bond acceptors (Lipinski definition) is 4. The molecule has 0 unspecified atom stereocenters. The minimum Gasteiger partial charge on any atom is -0.507 e. The fraction of sp³-hybridized carbons (Fsp3) is 0. The first-order valence-corrected chi connectivity index (χ1v) is 8.78. The van der Waals surface area contributed by atoms with Crippen LogP contribution in [0.5, 0.6) is 11.5 Å². The zero-order valence-electron chi connectivity index (χ0n) is 14.6. The highest BCUT2D eigenvalue weighted by Gasteiger charge is 2.18.